The number of carbonyl (C=O) groups excluding carboxylic acids is 1. The quantitative estimate of drug-likeness (QED) is 0.757. The van der Waals surface area contributed by atoms with E-state index >= 15 is 0 Å². The summed E-state index contributed by atoms with van der Waals surface area (Å²) < 4.78 is 0. The molecule has 0 aromatic heterocycles. The lowest BCUT2D eigenvalue weighted by atomic mass is 10.0. The van der Waals surface area contributed by atoms with Crippen molar-refractivity contribution in [3.8, 4) is 0 Å². The van der Waals surface area contributed by atoms with Crippen molar-refractivity contribution < 1.29 is 4.79 Å². The minimum atomic E-state index is 0.00177. The molecule has 0 aliphatic rings. The Bertz CT molecular complexity index is 298. The zero-order valence-corrected chi connectivity index (χ0v) is 9.07. The van der Waals surface area contributed by atoms with Gasteiger partial charge in [0.1, 0.15) is 0 Å². The van der Waals surface area contributed by atoms with Crippen LogP contribution in [0.1, 0.15) is 18.9 Å². The third-order valence-corrected chi connectivity index (χ3v) is 2.23. The van der Waals surface area contributed by atoms with Crippen LogP contribution in [0.3, 0.4) is 0 Å². The predicted molar refractivity (Wildman–Crippen MR) is 61.4 cm³/mol. The first-order valence-electron chi connectivity index (χ1n) is 5.22. The van der Waals surface area contributed by atoms with Crippen molar-refractivity contribution in [2.75, 3.05) is 6.54 Å². The molecular formula is C12H18N2O. The summed E-state index contributed by atoms with van der Waals surface area (Å²) in [4.78, 5) is 10.6. The van der Waals surface area contributed by atoms with Gasteiger partial charge in [0.15, 0.2) is 0 Å². The fourth-order valence-electron chi connectivity index (χ4n) is 1.45. The molecule has 1 aromatic carbocycles. The Morgan fingerprint density at radius 1 is 1.40 bits per heavy atom. The molecule has 82 valence electrons. The molecule has 1 atom stereocenters. The van der Waals surface area contributed by atoms with Crippen LogP contribution >= 0.6 is 0 Å². The smallest absolute Gasteiger partial charge is 0.216 e. The standard InChI is InChI=1S/C12H18N2O/c1-10(15)14-8-7-12(13)9-11-5-3-2-4-6-11/h2-6,12H,7-9,13H2,1H3,(H,14,15). The Hall–Kier alpha value is -1.35. The zero-order valence-electron chi connectivity index (χ0n) is 9.07. The van der Waals surface area contributed by atoms with Crippen LogP contribution in [0, 0.1) is 0 Å². The molecule has 3 nitrogen and oxygen atoms in total. The van der Waals surface area contributed by atoms with Gasteiger partial charge in [-0.15, -0.1) is 0 Å². The van der Waals surface area contributed by atoms with Crippen molar-refractivity contribution in [2.45, 2.75) is 25.8 Å². The molecule has 0 aliphatic carbocycles. The molecule has 0 saturated heterocycles. The van der Waals surface area contributed by atoms with Gasteiger partial charge in [0.2, 0.25) is 5.91 Å². The molecule has 0 spiro atoms. The Labute approximate surface area is 90.7 Å². The lowest BCUT2D eigenvalue weighted by Gasteiger charge is -2.11. The summed E-state index contributed by atoms with van der Waals surface area (Å²) in [5, 5.41) is 2.74. The number of hydrogen-bond donors (Lipinski definition) is 2. The molecule has 3 heteroatoms. The maximum atomic E-state index is 10.6. The van der Waals surface area contributed by atoms with Crippen LogP contribution in [0.5, 0.6) is 0 Å². The predicted octanol–water partition coefficient (Wildman–Crippen LogP) is 1.08. The molecule has 1 rings (SSSR count). The van der Waals surface area contributed by atoms with E-state index in [-0.39, 0.29) is 11.9 Å². The van der Waals surface area contributed by atoms with Gasteiger partial charge in [0, 0.05) is 19.5 Å². The second kappa shape index (κ2) is 6.19. The monoisotopic (exact) mass is 206 g/mol. The van der Waals surface area contributed by atoms with E-state index in [0.29, 0.717) is 6.54 Å². The average molecular weight is 206 g/mol. The fraction of sp³-hybridized carbons (Fsp3) is 0.417. The number of nitrogens with one attached hydrogen (secondary N) is 1. The zero-order chi connectivity index (χ0) is 11.1. The molecular weight excluding hydrogens is 188 g/mol. The van der Waals surface area contributed by atoms with Crippen molar-refractivity contribution in [1.29, 1.82) is 0 Å². The second-order valence-corrected chi connectivity index (χ2v) is 3.72. The average Bonchev–Trinajstić information content (AvgIpc) is 2.18. The van der Waals surface area contributed by atoms with Crippen LogP contribution in [-0.2, 0) is 11.2 Å². The van der Waals surface area contributed by atoms with Gasteiger partial charge in [0.05, 0.1) is 0 Å². The van der Waals surface area contributed by atoms with E-state index in [1.54, 1.807) is 0 Å². The van der Waals surface area contributed by atoms with E-state index in [9.17, 15) is 4.79 Å². The van der Waals surface area contributed by atoms with Crippen LogP contribution in [0.25, 0.3) is 0 Å². The summed E-state index contributed by atoms with van der Waals surface area (Å²) in [5.74, 6) is 0.00177. The molecule has 1 amide bonds. The fourth-order valence-corrected chi connectivity index (χ4v) is 1.45. The Morgan fingerprint density at radius 2 is 2.07 bits per heavy atom. The highest BCUT2D eigenvalue weighted by molar-refractivity contribution is 5.72. The summed E-state index contributed by atoms with van der Waals surface area (Å²) in [7, 11) is 0. The summed E-state index contributed by atoms with van der Waals surface area (Å²) in [6, 6.07) is 10.3. The van der Waals surface area contributed by atoms with E-state index in [1.807, 2.05) is 18.2 Å². The van der Waals surface area contributed by atoms with Crippen LogP contribution < -0.4 is 11.1 Å². The summed E-state index contributed by atoms with van der Waals surface area (Å²) in [6.45, 7) is 2.17. The van der Waals surface area contributed by atoms with Crippen molar-refractivity contribution in [1.82, 2.24) is 5.32 Å². The molecule has 0 aliphatic heterocycles. The maximum absolute atomic E-state index is 10.6. The molecule has 1 aromatic rings. The van der Waals surface area contributed by atoms with Crippen molar-refractivity contribution in [2.24, 2.45) is 5.73 Å². The van der Waals surface area contributed by atoms with Gasteiger partial charge in [-0.3, -0.25) is 4.79 Å². The molecule has 0 saturated carbocycles. The number of hydrogen-bond acceptors (Lipinski definition) is 2. The van der Waals surface area contributed by atoms with Crippen LogP contribution in [0.4, 0.5) is 0 Å². The molecule has 1 unspecified atom stereocenters. The first-order chi connectivity index (χ1) is 7.18. The lowest BCUT2D eigenvalue weighted by molar-refractivity contribution is -0.118. The molecule has 0 radical (unpaired) electrons. The Morgan fingerprint density at radius 3 is 2.67 bits per heavy atom. The molecule has 15 heavy (non-hydrogen) atoms. The minimum absolute atomic E-state index is 0.00177. The second-order valence-electron chi connectivity index (χ2n) is 3.72. The largest absolute Gasteiger partial charge is 0.356 e. The third kappa shape index (κ3) is 5.18. The number of benzene rings is 1. The van der Waals surface area contributed by atoms with E-state index in [0.717, 1.165) is 12.8 Å². The number of rotatable bonds is 5. The first kappa shape index (κ1) is 11.7. The van der Waals surface area contributed by atoms with Gasteiger partial charge in [-0.25, -0.2) is 0 Å². The van der Waals surface area contributed by atoms with Gasteiger partial charge in [-0.2, -0.15) is 0 Å². The lowest BCUT2D eigenvalue weighted by Crippen LogP contribution is -2.30. The molecule has 0 bridgehead atoms. The minimum Gasteiger partial charge on any atom is -0.356 e. The highest BCUT2D eigenvalue weighted by Crippen LogP contribution is 2.03. The van der Waals surface area contributed by atoms with E-state index in [4.69, 9.17) is 5.73 Å². The van der Waals surface area contributed by atoms with E-state index in [2.05, 4.69) is 17.4 Å². The van der Waals surface area contributed by atoms with Crippen molar-refractivity contribution >= 4 is 5.91 Å². The van der Waals surface area contributed by atoms with Crippen molar-refractivity contribution in [3.63, 3.8) is 0 Å². The Balaban J connectivity index is 2.24. The topological polar surface area (TPSA) is 55.1 Å². The molecule has 0 fully saturated rings. The highest BCUT2D eigenvalue weighted by Gasteiger charge is 2.03. The van der Waals surface area contributed by atoms with Crippen LogP contribution in [0.15, 0.2) is 30.3 Å². The SMILES string of the molecule is CC(=O)NCCC(N)Cc1ccccc1. The normalized spacial score (nSPS) is 12.1. The molecule has 3 N–H and O–H groups in total. The van der Waals surface area contributed by atoms with Crippen LogP contribution in [-0.4, -0.2) is 18.5 Å². The first-order valence-corrected chi connectivity index (χ1v) is 5.22. The number of amides is 1. The van der Waals surface area contributed by atoms with Crippen LogP contribution in [0.2, 0.25) is 0 Å². The van der Waals surface area contributed by atoms with Gasteiger partial charge >= 0.3 is 0 Å². The van der Waals surface area contributed by atoms with Gasteiger partial charge in [0.25, 0.3) is 0 Å². The summed E-state index contributed by atoms with van der Waals surface area (Å²) in [6.07, 6.45) is 1.68. The number of nitrogens with two attached hydrogens (primary N) is 1. The van der Waals surface area contributed by atoms with E-state index in [1.165, 1.54) is 12.5 Å². The number of carbonyl (C=O) groups is 1. The summed E-state index contributed by atoms with van der Waals surface area (Å²) in [5.41, 5.74) is 7.18. The van der Waals surface area contributed by atoms with E-state index < -0.39 is 0 Å². The molecule has 0 heterocycles. The summed E-state index contributed by atoms with van der Waals surface area (Å²) >= 11 is 0. The van der Waals surface area contributed by atoms with Crippen molar-refractivity contribution in [3.05, 3.63) is 35.9 Å². The highest BCUT2D eigenvalue weighted by atomic mass is 16.1. The maximum Gasteiger partial charge on any atom is 0.216 e. The van der Waals surface area contributed by atoms with Gasteiger partial charge in [-0.05, 0) is 18.4 Å². The third-order valence-electron chi connectivity index (χ3n) is 2.23. The van der Waals surface area contributed by atoms with Gasteiger partial charge < -0.3 is 11.1 Å². The Kier molecular flexibility index (Phi) is 4.84. The van der Waals surface area contributed by atoms with Gasteiger partial charge in [-0.1, -0.05) is 30.3 Å².